The number of para-hydroxylation sites is 1. The number of rotatable bonds is 3. The first-order valence-corrected chi connectivity index (χ1v) is 6.59. The number of fused-ring (bicyclic) bond motifs is 1. The van der Waals surface area contributed by atoms with Gasteiger partial charge >= 0.3 is 0 Å². The highest BCUT2D eigenvalue weighted by molar-refractivity contribution is 5.94. The predicted molar refractivity (Wildman–Crippen MR) is 83.9 cm³/mol. The minimum Gasteiger partial charge on any atom is -0.321 e. The lowest BCUT2D eigenvalue weighted by atomic mass is 10.2. The molecule has 6 heteroatoms. The van der Waals surface area contributed by atoms with E-state index < -0.39 is 0 Å². The number of aromatic nitrogens is 2. The number of nitrogens with zero attached hydrogens (tertiary/aromatic N) is 2. The number of aromatic amines is 1. The van der Waals surface area contributed by atoms with Crippen molar-refractivity contribution in [2.24, 2.45) is 5.10 Å². The van der Waals surface area contributed by atoms with Crippen molar-refractivity contribution in [2.45, 2.75) is 0 Å². The molecule has 3 rings (SSSR count). The van der Waals surface area contributed by atoms with Crippen LogP contribution in [0.15, 0.2) is 64.8 Å². The molecule has 0 radical (unpaired) electrons. The van der Waals surface area contributed by atoms with Crippen molar-refractivity contribution in [3.8, 4) is 0 Å². The molecule has 108 valence electrons. The van der Waals surface area contributed by atoms with Gasteiger partial charge in [0.15, 0.2) is 0 Å². The van der Waals surface area contributed by atoms with Gasteiger partial charge in [0.05, 0.1) is 17.3 Å². The van der Waals surface area contributed by atoms with Crippen LogP contribution in [0.25, 0.3) is 10.9 Å². The predicted octanol–water partition coefficient (Wildman–Crippen LogP) is 1.69. The Morgan fingerprint density at radius 1 is 1.23 bits per heavy atom. The molecule has 0 bridgehead atoms. The van der Waals surface area contributed by atoms with Gasteiger partial charge in [0.2, 0.25) is 0 Å². The van der Waals surface area contributed by atoms with Crippen molar-refractivity contribution < 1.29 is 4.79 Å². The number of carbonyl (C=O) groups is 1. The van der Waals surface area contributed by atoms with Crippen LogP contribution in [0.2, 0.25) is 0 Å². The van der Waals surface area contributed by atoms with Crippen molar-refractivity contribution in [1.82, 2.24) is 15.4 Å². The first-order chi connectivity index (χ1) is 10.7. The molecule has 0 fully saturated rings. The maximum absolute atomic E-state index is 11.9. The fraction of sp³-hybridized carbons (Fsp3) is 0. The molecule has 0 saturated carbocycles. The minimum absolute atomic E-state index is 0.266. The zero-order valence-electron chi connectivity index (χ0n) is 11.5. The monoisotopic (exact) mass is 292 g/mol. The number of amides is 1. The van der Waals surface area contributed by atoms with Crippen LogP contribution in [0.1, 0.15) is 15.9 Å². The van der Waals surface area contributed by atoms with Crippen molar-refractivity contribution in [1.29, 1.82) is 0 Å². The topological polar surface area (TPSA) is 87.2 Å². The number of benzene rings is 1. The number of hydrogen-bond donors (Lipinski definition) is 2. The van der Waals surface area contributed by atoms with Crippen molar-refractivity contribution in [3.05, 3.63) is 76.3 Å². The van der Waals surface area contributed by atoms with Gasteiger partial charge in [0.1, 0.15) is 0 Å². The summed E-state index contributed by atoms with van der Waals surface area (Å²) < 4.78 is 0. The Balaban J connectivity index is 1.80. The number of hydrazone groups is 1. The highest BCUT2D eigenvalue weighted by Crippen LogP contribution is 2.08. The molecule has 0 atom stereocenters. The fourth-order valence-electron chi connectivity index (χ4n) is 1.98. The Hall–Kier alpha value is -3.28. The van der Waals surface area contributed by atoms with Gasteiger partial charge in [-0.3, -0.25) is 14.6 Å². The summed E-state index contributed by atoms with van der Waals surface area (Å²) in [6.07, 6.45) is 4.34. The van der Waals surface area contributed by atoms with Gasteiger partial charge < -0.3 is 4.98 Å². The van der Waals surface area contributed by atoms with Gasteiger partial charge in [-0.05, 0) is 29.7 Å². The molecular weight excluding hydrogens is 280 g/mol. The van der Waals surface area contributed by atoms with Crippen LogP contribution in [-0.4, -0.2) is 22.1 Å². The molecule has 0 aliphatic rings. The Bertz CT molecular complexity index is 901. The van der Waals surface area contributed by atoms with Gasteiger partial charge in [-0.1, -0.05) is 18.2 Å². The molecule has 2 heterocycles. The lowest BCUT2D eigenvalue weighted by molar-refractivity contribution is 0.0955. The summed E-state index contributed by atoms with van der Waals surface area (Å²) in [5.41, 5.74) is 3.61. The summed E-state index contributed by atoms with van der Waals surface area (Å²) in [7, 11) is 0. The number of nitrogens with one attached hydrogen (secondary N) is 2. The van der Waals surface area contributed by atoms with Gasteiger partial charge in [-0.25, -0.2) is 5.43 Å². The van der Waals surface area contributed by atoms with Crippen LogP contribution in [0.4, 0.5) is 0 Å². The summed E-state index contributed by atoms with van der Waals surface area (Å²) in [4.78, 5) is 30.3. The maximum Gasteiger partial charge on any atom is 0.272 e. The Labute approximate surface area is 125 Å². The number of H-pyrrole nitrogens is 1. The van der Waals surface area contributed by atoms with E-state index in [0.717, 1.165) is 10.9 Å². The number of carbonyl (C=O) groups excluding carboxylic acids is 1. The summed E-state index contributed by atoms with van der Waals surface area (Å²) in [6, 6.07) is 12.4. The Kier molecular flexibility index (Phi) is 3.74. The molecular formula is C16H12N4O2. The van der Waals surface area contributed by atoms with E-state index >= 15 is 0 Å². The second kappa shape index (κ2) is 6.01. The zero-order valence-corrected chi connectivity index (χ0v) is 11.5. The second-order valence-electron chi connectivity index (χ2n) is 4.58. The van der Waals surface area contributed by atoms with E-state index in [1.54, 1.807) is 24.4 Å². The van der Waals surface area contributed by atoms with Crippen LogP contribution >= 0.6 is 0 Å². The highest BCUT2D eigenvalue weighted by atomic mass is 16.2. The molecule has 0 aliphatic heterocycles. The van der Waals surface area contributed by atoms with E-state index in [1.807, 2.05) is 24.3 Å². The average Bonchev–Trinajstić information content (AvgIpc) is 2.56. The molecule has 1 aromatic carbocycles. The fourth-order valence-corrected chi connectivity index (χ4v) is 1.98. The molecule has 1 amide bonds. The third kappa shape index (κ3) is 2.90. The molecule has 22 heavy (non-hydrogen) atoms. The van der Waals surface area contributed by atoms with E-state index in [4.69, 9.17) is 0 Å². The lowest BCUT2D eigenvalue weighted by Crippen LogP contribution is -2.19. The van der Waals surface area contributed by atoms with E-state index in [0.29, 0.717) is 11.1 Å². The van der Waals surface area contributed by atoms with Gasteiger partial charge in [0, 0.05) is 17.9 Å². The summed E-state index contributed by atoms with van der Waals surface area (Å²) >= 11 is 0. The molecule has 2 aromatic heterocycles. The molecule has 0 unspecified atom stereocenters. The average molecular weight is 292 g/mol. The second-order valence-corrected chi connectivity index (χ2v) is 4.58. The molecule has 2 N–H and O–H groups in total. The van der Waals surface area contributed by atoms with Crippen LogP contribution in [-0.2, 0) is 0 Å². The summed E-state index contributed by atoms with van der Waals surface area (Å²) in [5.74, 6) is -0.387. The van der Waals surface area contributed by atoms with Gasteiger partial charge in [-0.2, -0.15) is 5.10 Å². The minimum atomic E-state index is -0.387. The van der Waals surface area contributed by atoms with Crippen LogP contribution < -0.4 is 11.0 Å². The standard InChI is InChI=1S/C16H12N4O2/c21-15-13(8-11-4-1-2-6-14(11)19-15)10-18-20-16(22)12-5-3-7-17-9-12/h1-10H,(H,19,21)(H,20,22). The maximum atomic E-state index is 11.9. The largest absolute Gasteiger partial charge is 0.321 e. The van der Waals surface area contributed by atoms with Gasteiger partial charge in [0.25, 0.3) is 11.5 Å². The number of hydrogen-bond acceptors (Lipinski definition) is 4. The van der Waals surface area contributed by atoms with E-state index in [-0.39, 0.29) is 11.5 Å². The third-order valence-corrected chi connectivity index (χ3v) is 3.08. The first-order valence-electron chi connectivity index (χ1n) is 6.59. The van der Waals surface area contributed by atoms with Crippen molar-refractivity contribution in [2.75, 3.05) is 0 Å². The quantitative estimate of drug-likeness (QED) is 0.569. The summed E-state index contributed by atoms with van der Waals surface area (Å²) in [5, 5.41) is 4.70. The molecule has 6 nitrogen and oxygen atoms in total. The molecule has 0 aliphatic carbocycles. The van der Waals surface area contributed by atoms with E-state index in [2.05, 4.69) is 20.5 Å². The lowest BCUT2D eigenvalue weighted by Gasteiger charge is -2.00. The molecule has 3 aromatic rings. The van der Waals surface area contributed by atoms with E-state index in [1.165, 1.54) is 12.4 Å². The highest BCUT2D eigenvalue weighted by Gasteiger charge is 2.03. The normalized spacial score (nSPS) is 10.9. The summed E-state index contributed by atoms with van der Waals surface area (Å²) in [6.45, 7) is 0. The van der Waals surface area contributed by atoms with Crippen molar-refractivity contribution >= 4 is 23.0 Å². The smallest absolute Gasteiger partial charge is 0.272 e. The van der Waals surface area contributed by atoms with Crippen LogP contribution in [0.3, 0.4) is 0 Å². The molecule has 0 saturated heterocycles. The number of pyridine rings is 2. The Morgan fingerprint density at radius 2 is 2.09 bits per heavy atom. The SMILES string of the molecule is O=C(NN=Cc1cc2ccccc2[nH]c1=O)c1cccnc1. The van der Waals surface area contributed by atoms with E-state index in [9.17, 15) is 9.59 Å². The zero-order chi connectivity index (χ0) is 15.4. The third-order valence-electron chi connectivity index (χ3n) is 3.08. The Morgan fingerprint density at radius 3 is 2.91 bits per heavy atom. The van der Waals surface area contributed by atoms with Gasteiger partial charge in [-0.15, -0.1) is 0 Å². The molecule has 0 spiro atoms. The van der Waals surface area contributed by atoms with Crippen LogP contribution in [0.5, 0.6) is 0 Å². The first kappa shape index (κ1) is 13.7. The van der Waals surface area contributed by atoms with Crippen molar-refractivity contribution in [3.63, 3.8) is 0 Å². The van der Waals surface area contributed by atoms with Crippen LogP contribution in [0, 0.1) is 0 Å².